The summed E-state index contributed by atoms with van der Waals surface area (Å²) in [6, 6.07) is 18.7. The minimum absolute atomic E-state index is 0.0940. The van der Waals surface area contributed by atoms with Crippen LogP contribution >= 0.6 is 11.6 Å². The second kappa shape index (κ2) is 8.66. The average molecular weight is 457 g/mol. The van der Waals surface area contributed by atoms with Gasteiger partial charge in [0, 0.05) is 0 Å². The predicted octanol–water partition coefficient (Wildman–Crippen LogP) is 4.53. The van der Waals surface area contributed by atoms with Crippen molar-refractivity contribution in [1.29, 1.82) is 0 Å². The summed E-state index contributed by atoms with van der Waals surface area (Å²) >= 11 is 5.65. The Kier molecular flexibility index (Phi) is 5.79. The molecular weight excluding hydrogens is 443 g/mol. The number of fused-ring (bicyclic) bond motifs is 1. The number of nitrogens with zero attached hydrogens (tertiary/aromatic N) is 3. The van der Waals surface area contributed by atoms with Gasteiger partial charge < -0.3 is 4.74 Å². The quantitative estimate of drug-likeness (QED) is 0.261. The van der Waals surface area contributed by atoms with Crippen LogP contribution in [0.1, 0.15) is 5.56 Å². The molecule has 1 heterocycles. The first kappa shape index (κ1) is 20.7. The molecule has 0 aliphatic heterocycles. The summed E-state index contributed by atoms with van der Waals surface area (Å²) in [7, 11) is -3.85. The molecule has 0 bridgehead atoms. The number of hydrazone groups is 1. The van der Waals surface area contributed by atoms with Gasteiger partial charge >= 0.3 is 0 Å². The van der Waals surface area contributed by atoms with E-state index in [0.29, 0.717) is 5.56 Å². The Labute approximate surface area is 182 Å². The highest BCUT2D eigenvalue weighted by atomic mass is 35.5. The van der Waals surface area contributed by atoms with Crippen molar-refractivity contribution in [2.24, 2.45) is 5.10 Å². The van der Waals surface area contributed by atoms with Gasteiger partial charge in [-0.25, -0.2) is 9.82 Å². The van der Waals surface area contributed by atoms with E-state index in [0.717, 1.165) is 17.0 Å². The molecule has 0 spiro atoms. The molecular formula is C21H14ClFN4O3S. The summed E-state index contributed by atoms with van der Waals surface area (Å²) in [5.74, 6) is -0.840. The molecule has 156 valence electrons. The molecule has 0 atom stereocenters. The molecule has 31 heavy (non-hydrogen) atoms. The van der Waals surface area contributed by atoms with Crippen LogP contribution in [0.25, 0.3) is 10.8 Å². The van der Waals surface area contributed by atoms with Crippen molar-refractivity contribution >= 4 is 38.6 Å². The Morgan fingerprint density at radius 1 is 1.03 bits per heavy atom. The lowest BCUT2D eigenvalue weighted by Crippen LogP contribution is -2.18. The largest absolute Gasteiger partial charge is 0.436 e. The van der Waals surface area contributed by atoms with E-state index in [1.165, 1.54) is 18.3 Å². The number of hydrogen-bond acceptors (Lipinski definition) is 6. The molecule has 7 nitrogen and oxygen atoms in total. The van der Waals surface area contributed by atoms with Gasteiger partial charge in [0.15, 0.2) is 0 Å². The van der Waals surface area contributed by atoms with Crippen LogP contribution in [-0.4, -0.2) is 24.6 Å². The number of rotatable bonds is 6. The van der Waals surface area contributed by atoms with Crippen molar-refractivity contribution in [2.45, 2.75) is 4.90 Å². The lowest BCUT2D eigenvalue weighted by atomic mass is 10.1. The number of hydrogen-bond donors (Lipinski definition) is 1. The molecule has 4 aromatic rings. The van der Waals surface area contributed by atoms with E-state index in [1.54, 1.807) is 30.3 Å². The fraction of sp³-hybridized carbons (Fsp3) is 0. The standard InChI is InChI=1S/C21H14ClFN4O3S/c22-21-24-13-19(23)20(26-21)30-17-7-3-4-14(10-17)12-25-27-31(28,29)18-9-8-15-5-1-2-6-16(15)11-18/h1-13,27H/b25-12-. The van der Waals surface area contributed by atoms with Gasteiger partial charge in [0.25, 0.3) is 15.9 Å². The fourth-order valence-corrected chi connectivity index (χ4v) is 3.68. The Balaban J connectivity index is 1.49. The number of ether oxygens (including phenoxy) is 1. The molecule has 0 unspecified atom stereocenters. The molecule has 10 heteroatoms. The van der Waals surface area contributed by atoms with Gasteiger partial charge in [-0.1, -0.05) is 42.5 Å². The molecule has 0 saturated heterocycles. The second-order valence-corrected chi connectivity index (χ2v) is 8.33. The van der Waals surface area contributed by atoms with Gasteiger partial charge in [0.2, 0.25) is 11.1 Å². The van der Waals surface area contributed by atoms with Gasteiger partial charge in [-0.2, -0.15) is 22.9 Å². The summed E-state index contributed by atoms with van der Waals surface area (Å²) in [5, 5.41) is 5.39. The molecule has 0 radical (unpaired) electrons. The lowest BCUT2D eigenvalue weighted by Gasteiger charge is -2.06. The van der Waals surface area contributed by atoms with Crippen molar-refractivity contribution < 1.29 is 17.5 Å². The molecule has 1 N–H and O–H groups in total. The van der Waals surface area contributed by atoms with Gasteiger partial charge in [0.1, 0.15) is 5.75 Å². The highest BCUT2D eigenvalue weighted by Gasteiger charge is 2.13. The van der Waals surface area contributed by atoms with Crippen LogP contribution in [0.5, 0.6) is 11.6 Å². The number of aromatic nitrogens is 2. The third-order valence-electron chi connectivity index (χ3n) is 4.17. The summed E-state index contributed by atoms with van der Waals surface area (Å²) in [4.78, 5) is 9.47. The monoisotopic (exact) mass is 456 g/mol. The van der Waals surface area contributed by atoms with E-state index >= 15 is 0 Å². The van der Waals surface area contributed by atoms with E-state index in [4.69, 9.17) is 16.3 Å². The van der Waals surface area contributed by atoms with Crippen molar-refractivity contribution in [2.75, 3.05) is 0 Å². The number of benzene rings is 3. The maximum absolute atomic E-state index is 13.7. The summed E-state index contributed by atoms with van der Waals surface area (Å²) in [6.07, 6.45) is 2.20. The van der Waals surface area contributed by atoms with Crippen LogP contribution in [-0.2, 0) is 10.0 Å². The highest BCUT2D eigenvalue weighted by molar-refractivity contribution is 7.89. The SMILES string of the molecule is O=S(=O)(N/N=C\c1cccc(Oc2nc(Cl)ncc2F)c1)c1ccc2ccccc2c1. The average Bonchev–Trinajstić information content (AvgIpc) is 2.76. The molecule has 3 aromatic carbocycles. The van der Waals surface area contributed by atoms with Crippen molar-refractivity contribution in [3.05, 3.63) is 89.6 Å². The van der Waals surface area contributed by atoms with E-state index in [1.807, 2.05) is 24.3 Å². The zero-order chi connectivity index (χ0) is 21.8. The smallest absolute Gasteiger partial charge is 0.276 e. The van der Waals surface area contributed by atoms with Crippen molar-refractivity contribution in [3.63, 3.8) is 0 Å². The molecule has 0 aliphatic rings. The predicted molar refractivity (Wildman–Crippen MR) is 115 cm³/mol. The number of sulfonamides is 1. The lowest BCUT2D eigenvalue weighted by molar-refractivity contribution is 0.420. The van der Waals surface area contributed by atoms with Gasteiger partial charge in [0.05, 0.1) is 17.3 Å². The Bertz CT molecular complexity index is 1400. The maximum atomic E-state index is 13.7. The van der Waals surface area contributed by atoms with Crippen LogP contribution < -0.4 is 9.57 Å². The molecule has 0 saturated carbocycles. The third kappa shape index (κ3) is 4.96. The first-order valence-corrected chi connectivity index (χ1v) is 10.8. The Morgan fingerprint density at radius 3 is 2.68 bits per heavy atom. The first-order chi connectivity index (χ1) is 14.9. The van der Waals surface area contributed by atoms with E-state index in [9.17, 15) is 12.8 Å². The van der Waals surface area contributed by atoms with E-state index in [2.05, 4.69) is 19.9 Å². The highest BCUT2D eigenvalue weighted by Crippen LogP contribution is 2.23. The van der Waals surface area contributed by atoms with Crippen molar-refractivity contribution in [1.82, 2.24) is 14.8 Å². The normalized spacial score (nSPS) is 11.7. The topological polar surface area (TPSA) is 93.5 Å². The summed E-state index contributed by atoms with van der Waals surface area (Å²) in [5.41, 5.74) is 0.513. The molecule has 0 amide bonds. The number of nitrogens with one attached hydrogen (secondary N) is 1. The molecule has 4 rings (SSSR count). The molecule has 1 aromatic heterocycles. The van der Waals surface area contributed by atoms with Crippen LogP contribution in [0.3, 0.4) is 0 Å². The second-order valence-electron chi connectivity index (χ2n) is 6.33. The Hall–Kier alpha value is -3.56. The molecule has 0 aliphatic carbocycles. The molecule has 0 fully saturated rings. The minimum atomic E-state index is -3.85. The third-order valence-corrected chi connectivity index (χ3v) is 5.58. The van der Waals surface area contributed by atoms with Crippen LogP contribution in [0.15, 0.2) is 82.9 Å². The summed E-state index contributed by atoms with van der Waals surface area (Å²) < 4.78 is 44.2. The van der Waals surface area contributed by atoms with Gasteiger partial charge in [-0.3, -0.25) is 0 Å². The fourth-order valence-electron chi connectivity index (χ4n) is 2.73. The van der Waals surface area contributed by atoms with Gasteiger partial charge in [-0.15, -0.1) is 0 Å². The van der Waals surface area contributed by atoms with Gasteiger partial charge in [-0.05, 0) is 52.2 Å². The van der Waals surface area contributed by atoms with E-state index in [-0.39, 0.29) is 21.8 Å². The summed E-state index contributed by atoms with van der Waals surface area (Å²) in [6.45, 7) is 0. The van der Waals surface area contributed by atoms with Crippen molar-refractivity contribution in [3.8, 4) is 11.6 Å². The Morgan fingerprint density at radius 2 is 1.84 bits per heavy atom. The zero-order valence-electron chi connectivity index (χ0n) is 15.7. The van der Waals surface area contributed by atoms with Crippen LogP contribution in [0, 0.1) is 5.82 Å². The maximum Gasteiger partial charge on any atom is 0.276 e. The minimum Gasteiger partial charge on any atom is -0.436 e. The zero-order valence-corrected chi connectivity index (χ0v) is 17.3. The van der Waals surface area contributed by atoms with Crippen LogP contribution in [0.2, 0.25) is 5.28 Å². The number of halogens is 2. The van der Waals surface area contributed by atoms with E-state index < -0.39 is 15.8 Å². The van der Waals surface area contributed by atoms with Crippen LogP contribution in [0.4, 0.5) is 4.39 Å². The first-order valence-electron chi connectivity index (χ1n) is 8.90.